The minimum Gasteiger partial charge on any atom is -0.493 e. The Morgan fingerprint density at radius 2 is 2.24 bits per heavy atom. The molecule has 2 rings (SSSR count). The van der Waals surface area contributed by atoms with Crippen molar-refractivity contribution in [3.63, 3.8) is 0 Å². The smallest absolute Gasteiger partial charge is 0.223 e. The van der Waals surface area contributed by atoms with Crippen LogP contribution in [0.25, 0.3) is 0 Å². The number of ether oxygens (including phenoxy) is 2. The fourth-order valence-corrected chi connectivity index (χ4v) is 2.22. The SMILES string of the molecule is CN1CCO[C@@H](CNC(=O)CCOc2ccc(Cl)cc2)C1. The molecule has 1 N–H and O–H groups in total. The average molecular weight is 313 g/mol. The van der Waals surface area contributed by atoms with Crippen LogP contribution in [-0.2, 0) is 9.53 Å². The number of rotatable bonds is 6. The van der Waals surface area contributed by atoms with E-state index in [1.807, 2.05) is 0 Å². The van der Waals surface area contributed by atoms with Gasteiger partial charge in [0.25, 0.3) is 0 Å². The Hall–Kier alpha value is -1.30. The summed E-state index contributed by atoms with van der Waals surface area (Å²) in [6.07, 6.45) is 0.399. The van der Waals surface area contributed by atoms with Gasteiger partial charge in [0.1, 0.15) is 5.75 Å². The van der Waals surface area contributed by atoms with Gasteiger partial charge in [0.15, 0.2) is 0 Å². The summed E-state index contributed by atoms with van der Waals surface area (Å²) in [5, 5.41) is 3.54. The molecule has 1 fully saturated rings. The maximum atomic E-state index is 11.7. The lowest BCUT2D eigenvalue weighted by Crippen LogP contribution is -2.46. The molecule has 0 aromatic heterocycles. The zero-order valence-electron chi connectivity index (χ0n) is 12.2. The van der Waals surface area contributed by atoms with E-state index < -0.39 is 0 Å². The van der Waals surface area contributed by atoms with E-state index in [1.54, 1.807) is 24.3 Å². The molecule has 1 aliphatic rings. The number of nitrogens with one attached hydrogen (secondary N) is 1. The molecule has 0 unspecified atom stereocenters. The van der Waals surface area contributed by atoms with Gasteiger partial charge < -0.3 is 19.7 Å². The molecule has 5 nitrogen and oxygen atoms in total. The number of carbonyl (C=O) groups is 1. The van der Waals surface area contributed by atoms with Gasteiger partial charge in [-0.05, 0) is 31.3 Å². The molecular formula is C15H21ClN2O3. The van der Waals surface area contributed by atoms with Crippen LogP contribution in [-0.4, -0.2) is 56.8 Å². The van der Waals surface area contributed by atoms with Gasteiger partial charge in [0, 0.05) is 24.7 Å². The van der Waals surface area contributed by atoms with Crippen molar-refractivity contribution in [2.24, 2.45) is 0 Å². The monoisotopic (exact) mass is 312 g/mol. The molecule has 1 aliphatic heterocycles. The first kappa shape index (κ1) is 16.1. The minimum absolute atomic E-state index is 0.0270. The molecule has 1 atom stereocenters. The maximum Gasteiger partial charge on any atom is 0.223 e. The molecule has 1 saturated heterocycles. The van der Waals surface area contributed by atoms with Gasteiger partial charge in [-0.1, -0.05) is 11.6 Å². The highest BCUT2D eigenvalue weighted by atomic mass is 35.5. The van der Waals surface area contributed by atoms with E-state index in [0.29, 0.717) is 30.3 Å². The lowest BCUT2D eigenvalue weighted by atomic mass is 10.2. The summed E-state index contributed by atoms with van der Waals surface area (Å²) in [5.74, 6) is 0.685. The van der Waals surface area contributed by atoms with Crippen LogP contribution in [0.15, 0.2) is 24.3 Å². The van der Waals surface area contributed by atoms with Crippen molar-refractivity contribution in [2.75, 3.05) is 39.9 Å². The van der Waals surface area contributed by atoms with E-state index in [2.05, 4.69) is 17.3 Å². The molecule has 0 spiro atoms. The summed E-state index contributed by atoms with van der Waals surface area (Å²) in [7, 11) is 2.05. The van der Waals surface area contributed by atoms with Crippen LogP contribution in [0.4, 0.5) is 0 Å². The van der Waals surface area contributed by atoms with Crippen LogP contribution in [0.3, 0.4) is 0 Å². The quantitative estimate of drug-likeness (QED) is 0.866. The summed E-state index contributed by atoms with van der Waals surface area (Å²) < 4.78 is 11.1. The Morgan fingerprint density at radius 3 is 2.95 bits per heavy atom. The zero-order chi connectivity index (χ0) is 15.1. The Kier molecular flexibility index (Phi) is 6.29. The second kappa shape index (κ2) is 8.22. The molecule has 1 heterocycles. The third-order valence-electron chi connectivity index (χ3n) is 3.28. The third kappa shape index (κ3) is 5.91. The van der Waals surface area contributed by atoms with Gasteiger partial charge in [-0.25, -0.2) is 0 Å². The number of nitrogens with zero attached hydrogens (tertiary/aromatic N) is 1. The summed E-state index contributed by atoms with van der Waals surface area (Å²) in [6, 6.07) is 7.08. The van der Waals surface area contributed by atoms with Gasteiger partial charge in [0.05, 0.1) is 25.7 Å². The van der Waals surface area contributed by atoms with E-state index in [4.69, 9.17) is 21.1 Å². The lowest BCUT2D eigenvalue weighted by Gasteiger charge is -2.30. The highest BCUT2D eigenvalue weighted by Gasteiger charge is 2.18. The molecule has 6 heteroatoms. The van der Waals surface area contributed by atoms with E-state index in [1.165, 1.54) is 0 Å². The number of likely N-dealkylation sites (N-methyl/N-ethyl adjacent to an activating group) is 1. The third-order valence-corrected chi connectivity index (χ3v) is 3.53. The molecule has 0 saturated carbocycles. The molecule has 1 aromatic carbocycles. The van der Waals surface area contributed by atoms with Gasteiger partial charge in [-0.3, -0.25) is 4.79 Å². The van der Waals surface area contributed by atoms with Gasteiger partial charge in [-0.15, -0.1) is 0 Å². The van der Waals surface area contributed by atoms with Crippen LogP contribution in [0.1, 0.15) is 6.42 Å². The number of hydrogen-bond acceptors (Lipinski definition) is 4. The molecule has 21 heavy (non-hydrogen) atoms. The first-order valence-electron chi connectivity index (χ1n) is 7.08. The number of carbonyl (C=O) groups excluding carboxylic acids is 1. The first-order chi connectivity index (χ1) is 10.1. The van der Waals surface area contributed by atoms with Crippen LogP contribution in [0.2, 0.25) is 5.02 Å². The van der Waals surface area contributed by atoms with Gasteiger partial charge >= 0.3 is 0 Å². The highest BCUT2D eigenvalue weighted by molar-refractivity contribution is 6.30. The predicted molar refractivity (Wildman–Crippen MR) is 81.8 cm³/mol. The minimum atomic E-state index is -0.0270. The van der Waals surface area contributed by atoms with Crippen LogP contribution >= 0.6 is 11.6 Å². The normalized spacial score (nSPS) is 19.2. The van der Waals surface area contributed by atoms with Crippen molar-refractivity contribution in [2.45, 2.75) is 12.5 Å². The number of benzene rings is 1. The van der Waals surface area contributed by atoms with E-state index in [9.17, 15) is 4.79 Å². The topological polar surface area (TPSA) is 50.8 Å². The molecule has 0 radical (unpaired) electrons. The molecule has 0 aliphatic carbocycles. The van der Waals surface area contributed by atoms with Crippen molar-refractivity contribution in [1.29, 1.82) is 0 Å². The van der Waals surface area contributed by atoms with Gasteiger partial charge in [0.2, 0.25) is 5.91 Å². The lowest BCUT2D eigenvalue weighted by molar-refractivity contribution is -0.122. The molecule has 116 valence electrons. The largest absolute Gasteiger partial charge is 0.493 e. The number of morpholine rings is 1. The van der Waals surface area contributed by atoms with Crippen LogP contribution in [0, 0.1) is 0 Å². The first-order valence-corrected chi connectivity index (χ1v) is 7.46. The van der Waals surface area contributed by atoms with Crippen molar-refractivity contribution in [3.05, 3.63) is 29.3 Å². The van der Waals surface area contributed by atoms with Crippen molar-refractivity contribution < 1.29 is 14.3 Å². The van der Waals surface area contributed by atoms with Crippen molar-refractivity contribution in [3.8, 4) is 5.75 Å². The average Bonchev–Trinajstić information content (AvgIpc) is 2.47. The molecular weight excluding hydrogens is 292 g/mol. The second-order valence-electron chi connectivity index (χ2n) is 5.11. The molecule has 1 amide bonds. The molecule has 0 bridgehead atoms. The van der Waals surface area contributed by atoms with Crippen molar-refractivity contribution >= 4 is 17.5 Å². The molecule has 1 aromatic rings. The summed E-state index contributed by atoms with van der Waals surface area (Å²) in [5.41, 5.74) is 0. The summed E-state index contributed by atoms with van der Waals surface area (Å²) in [6.45, 7) is 3.40. The highest BCUT2D eigenvalue weighted by Crippen LogP contribution is 2.15. The predicted octanol–water partition coefficient (Wildman–Crippen LogP) is 1.56. The Balaban J connectivity index is 1.60. The number of hydrogen-bond donors (Lipinski definition) is 1. The fraction of sp³-hybridized carbons (Fsp3) is 0.533. The standard InChI is InChI=1S/C15H21ClN2O3/c1-18-7-9-21-14(11-18)10-17-15(19)6-8-20-13-4-2-12(16)3-5-13/h2-5,14H,6-11H2,1H3,(H,17,19)/t14-/m0/s1. The number of amides is 1. The fourth-order valence-electron chi connectivity index (χ4n) is 2.10. The Labute approximate surface area is 130 Å². The van der Waals surface area contributed by atoms with Crippen LogP contribution in [0.5, 0.6) is 5.75 Å². The van der Waals surface area contributed by atoms with Crippen molar-refractivity contribution in [1.82, 2.24) is 10.2 Å². The number of halogens is 1. The zero-order valence-corrected chi connectivity index (χ0v) is 12.9. The van der Waals surface area contributed by atoms with E-state index in [0.717, 1.165) is 19.7 Å². The van der Waals surface area contributed by atoms with Gasteiger partial charge in [-0.2, -0.15) is 0 Å². The Bertz CT molecular complexity index is 453. The summed E-state index contributed by atoms with van der Waals surface area (Å²) >= 11 is 5.79. The second-order valence-corrected chi connectivity index (χ2v) is 5.55. The van der Waals surface area contributed by atoms with Crippen LogP contribution < -0.4 is 10.1 Å². The summed E-state index contributed by atoms with van der Waals surface area (Å²) in [4.78, 5) is 13.9. The Morgan fingerprint density at radius 1 is 1.48 bits per heavy atom. The van der Waals surface area contributed by atoms with E-state index >= 15 is 0 Å². The maximum absolute atomic E-state index is 11.7. The van der Waals surface area contributed by atoms with E-state index in [-0.39, 0.29) is 12.0 Å².